The Morgan fingerprint density at radius 3 is 2.65 bits per heavy atom. The summed E-state index contributed by atoms with van der Waals surface area (Å²) in [6.45, 7) is 7.12. The largest absolute Gasteiger partial charge is 0.378 e. The van der Waals surface area contributed by atoms with E-state index < -0.39 is 10.0 Å². The number of ether oxygens (including phenoxy) is 1. The van der Waals surface area contributed by atoms with E-state index in [0.29, 0.717) is 13.1 Å². The first-order valence-electron chi connectivity index (χ1n) is 6.18. The molecule has 1 rings (SSSR count). The summed E-state index contributed by atoms with van der Waals surface area (Å²) in [4.78, 5) is 0. The SMILES string of the molecule is CC(C)OCCS(=O)(=O)N1CCC(N)C(C)C1. The number of nitrogens with zero attached hydrogens (tertiary/aromatic N) is 1. The molecular weight excluding hydrogens is 240 g/mol. The fraction of sp³-hybridized carbons (Fsp3) is 1.00. The minimum Gasteiger partial charge on any atom is -0.378 e. The predicted molar refractivity (Wildman–Crippen MR) is 68.2 cm³/mol. The van der Waals surface area contributed by atoms with Crippen LogP contribution >= 0.6 is 0 Å². The van der Waals surface area contributed by atoms with Gasteiger partial charge in [0.15, 0.2) is 0 Å². The first-order chi connectivity index (χ1) is 7.83. The van der Waals surface area contributed by atoms with Gasteiger partial charge in [-0.25, -0.2) is 12.7 Å². The molecule has 0 aromatic heterocycles. The lowest BCUT2D eigenvalue weighted by molar-refractivity contribution is 0.0904. The summed E-state index contributed by atoms with van der Waals surface area (Å²) in [5.74, 6) is 0.289. The van der Waals surface area contributed by atoms with Crippen LogP contribution < -0.4 is 5.73 Å². The van der Waals surface area contributed by atoms with Crippen LogP contribution in [0.2, 0.25) is 0 Å². The van der Waals surface area contributed by atoms with E-state index in [4.69, 9.17) is 10.5 Å². The molecule has 1 aliphatic heterocycles. The highest BCUT2D eigenvalue weighted by Gasteiger charge is 2.30. The van der Waals surface area contributed by atoms with Crippen LogP contribution in [0.3, 0.4) is 0 Å². The van der Waals surface area contributed by atoms with Crippen LogP contribution in [0.15, 0.2) is 0 Å². The summed E-state index contributed by atoms with van der Waals surface area (Å²) >= 11 is 0. The zero-order valence-electron chi connectivity index (χ0n) is 10.9. The summed E-state index contributed by atoms with van der Waals surface area (Å²) in [7, 11) is -3.18. The normalized spacial score (nSPS) is 27.6. The van der Waals surface area contributed by atoms with Crippen molar-refractivity contribution in [1.82, 2.24) is 4.31 Å². The van der Waals surface area contributed by atoms with E-state index in [0.717, 1.165) is 6.42 Å². The van der Waals surface area contributed by atoms with Crippen LogP contribution in [0.1, 0.15) is 27.2 Å². The van der Waals surface area contributed by atoms with Gasteiger partial charge in [-0.15, -0.1) is 0 Å². The highest BCUT2D eigenvalue weighted by atomic mass is 32.2. The molecule has 2 atom stereocenters. The maximum Gasteiger partial charge on any atom is 0.216 e. The van der Waals surface area contributed by atoms with Gasteiger partial charge in [-0.3, -0.25) is 0 Å². The number of rotatable bonds is 5. The molecule has 0 bridgehead atoms. The quantitative estimate of drug-likeness (QED) is 0.780. The van der Waals surface area contributed by atoms with E-state index in [1.54, 1.807) is 4.31 Å². The lowest BCUT2D eigenvalue weighted by atomic mass is 9.96. The lowest BCUT2D eigenvalue weighted by Crippen LogP contribution is -2.49. The van der Waals surface area contributed by atoms with Gasteiger partial charge in [-0.2, -0.15) is 0 Å². The van der Waals surface area contributed by atoms with E-state index in [-0.39, 0.29) is 30.4 Å². The second-order valence-electron chi connectivity index (χ2n) is 5.02. The molecule has 0 saturated carbocycles. The summed E-state index contributed by atoms with van der Waals surface area (Å²) < 4.78 is 30.9. The summed E-state index contributed by atoms with van der Waals surface area (Å²) in [5.41, 5.74) is 5.88. The predicted octanol–water partition coefficient (Wildman–Crippen LogP) is 0.410. The molecule has 6 heteroatoms. The van der Waals surface area contributed by atoms with Gasteiger partial charge in [0.2, 0.25) is 10.0 Å². The van der Waals surface area contributed by atoms with Crippen LogP contribution in [0.25, 0.3) is 0 Å². The molecule has 2 N–H and O–H groups in total. The first kappa shape index (κ1) is 14.9. The Morgan fingerprint density at radius 2 is 2.12 bits per heavy atom. The third-order valence-electron chi connectivity index (χ3n) is 3.12. The molecule has 1 fully saturated rings. The molecule has 0 aromatic carbocycles. The monoisotopic (exact) mass is 264 g/mol. The van der Waals surface area contributed by atoms with Crippen molar-refractivity contribution in [3.05, 3.63) is 0 Å². The third kappa shape index (κ3) is 4.54. The fourth-order valence-electron chi connectivity index (χ4n) is 1.90. The van der Waals surface area contributed by atoms with Crippen molar-refractivity contribution in [2.24, 2.45) is 11.7 Å². The topological polar surface area (TPSA) is 72.6 Å². The van der Waals surface area contributed by atoms with Crippen LogP contribution in [0.5, 0.6) is 0 Å². The third-order valence-corrected chi connectivity index (χ3v) is 4.92. The Kier molecular flexibility index (Phi) is 5.37. The van der Waals surface area contributed by atoms with Gasteiger partial charge < -0.3 is 10.5 Å². The first-order valence-corrected chi connectivity index (χ1v) is 7.79. The highest BCUT2D eigenvalue weighted by molar-refractivity contribution is 7.89. The molecule has 2 unspecified atom stereocenters. The standard InChI is InChI=1S/C11H24N2O3S/c1-9(2)16-6-7-17(14,15)13-5-4-11(12)10(3)8-13/h9-11H,4-8,12H2,1-3H3. The molecule has 0 aliphatic carbocycles. The molecule has 1 saturated heterocycles. The molecule has 1 heterocycles. The molecule has 0 radical (unpaired) electrons. The molecule has 1 aliphatic rings. The van der Waals surface area contributed by atoms with E-state index in [1.807, 2.05) is 20.8 Å². The van der Waals surface area contributed by atoms with Crippen molar-refractivity contribution in [3.63, 3.8) is 0 Å². The van der Waals surface area contributed by atoms with Gasteiger partial charge in [0.1, 0.15) is 0 Å². The maximum absolute atomic E-state index is 12.0. The maximum atomic E-state index is 12.0. The second kappa shape index (κ2) is 6.13. The minimum atomic E-state index is -3.18. The van der Waals surface area contributed by atoms with Gasteiger partial charge >= 0.3 is 0 Å². The average molecular weight is 264 g/mol. The number of hydrogen-bond donors (Lipinski definition) is 1. The second-order valence-corrected chi connectivity index (χ2v) is 7.11. The van der Waals surface area contributed by atoms with Gasteiger partial charge in [0.05, 0.1) is 18.5 Å². The van der Waals surface area contributed by atoms with Crippen LogP contribution in [-0.4, -0.2) is 50.3 Å². The van der Waals surface area contributed by atoms with Crippen molar-refractivity contribution >= 4 is 10.0 Å². The molecule has 0 amide bonds. The van der Waals surface area contributed by atoms with E-state index >= 15 is 0 Å². The minimum absolute atomic E-state index is 0.0626. The Balaban J connectivity index is 2.47. The molecule has 0 spiro atoms. The Labute approximate surface area is 104 Å². The smallest absolute Gasteiger partial charge is 0.216 e. The highest BCUT2D eigenvalue weighted by Crippen LogP contribution is 2.18. The summed E-state index contributed by atoms with van der Waals surface area (Å²) in [5, 5.41) is 0. The number of piperidine rings is 1. The van der Waals surface area contributed by atoms with Gasteiger partial charge in [0.25, 0.3) is 0 Å². The van der Waals surface area contributed by atoms with Crippen molar-refractivity contribution in [3.8, 4) is 0 Å². The lowest BCUT2D eigenvalue weighted by Gasteiger charge is -2.34. The fourth-order valence-corrected chi connectivity index (χ4v) is 3.31. The van der Waals surface area contributed by atoms with E-state index in [9.17, 15) is 8.42 Å². The Bertz CT molecular complexity index is 330. The molecule has 5 nitrogen and oxygen atoms in total. The molecular formula is C11H24N2O3S. The van der Waals surface area contributed by atoms with Gasteiger partial charge in [-0.1, -0.05) is 6.92 Å². The molecule has 102 valence electrons. The molecule has 17 heavy (non-hydrogen) atoms. The number of hydrogen-bond acceptors (Lipinski definition) is 4. The van der Waals surface area contributed by atoms with E-state index in [2.05, 4.69) is 0 Å². The van der Waals surface area contributed by atoms with Crippen LogP contribution in [0, 0.1) is 5.92 Å². The number of nitrogens with two attached hydrogens (primary N) is 1. The summed E-state index contributed by atoms with van der Waals surface area (Å²) in [6.07, 6.45) is 0.810. The van der Waals surface area contributed by atoms with Crippen molar-refractivity contribution < 1.29 is 13.2 Å². The van der Waals surface area contributed by atoms with Crippen LogP contribution in [-0.2, 0) is 14.8 Å². The number of sulfonamides is 1. The van der Waals surface area contributed by atoms with Gasteiger partial charge in [-0.05, 0) is 26.2 Å². The average Bonchev–Trinajstić information content (AvgIpc) is 2.21. The molecule has 0 aromatic rings. The zero-order chi connectivity index (χ0) is 13.1. The Morgan fingerprint density at radius 1 is 1.47 bits per heavy atom. The van der Waals surface area contributed by atoms with Crippen molar-refractivity contribution in [1.29, 1.82) is 0 Å². The van der Waals surface area contributed by atoms with Crippen LogP contribution in [0.4, 0.5) is 0 Å². The Hall–Kier alpha value is -0.170. The zero-order valence-corrected chi connectivity index (χ0v) is 11.7. The van der Waals surface area contributed by atoms with Gasteiger partial charge in [0, 0.05) is 19.1 Å². The van der Waals surface area contributed by atoms with Crippen molar-refractivity contribution in [2.75, 3.05) is 25.4 Å². The van der Waals surface area contributed by atoms with Crippen molar-refractivity contribution in [2.45, 2.75) is 39.3 Å². The summed E-state index contributed by atoms with van der Waals surface area (Å²) in [6, 6.07) is 0.119. The van der Waals surface area contributed by atoms with E-state index in [1.165, 1.54) is 0 Å².